The SMILES string of the molecule is O=C(N[C@@H](/C=C/C(CCO)Cc1ccccc1)Cc1ccc2ccccc2c1)[C@@H]1CCCNC1. The molecule has 4 heteroatoms. The zero-order valence-electron chi connectivity index (χ0n) is 19.8. The molecule has 1 heterocycles. The smallest absolute Gasteiger partial charge is 0.224 e. The molecule has 0 aromatic heterocycles. The Labute approximate surface area is 203 Å². The second-order valence-corrected chi connectivity index (χ2v) is 9.39. The van der Waals surface area contributed by atoms with E-state index >= 15 is 0 Å². The van der Waals surface area contributed by atoms with E-state index < -0.39 is 0 Å². The van der Waals surface area contributed by atoms with Gasteiger partial charge in [-0.25, -0.2) is 0 Å². The highest BCUT2D eigenvalue weighted by molar-refractivity contribution is 5.83. The van der Waals surface area contributed by atoms with E-state index in [4.69, 9.17) is 0 Å². The molecule has 1 aliphatic heterocycles. The van der Waals surface area contributed by atoms with E-state index in [9.17, 15) is 9.90 Å². The summed E-state index contributed by atoms with van der Waals surface area (Å²) in [6.07, 6.45) is 8.63. The summed E-state index contributed by atoms with van der Waals surface area (Å²) in [6.45, 7) is 1.89. The number of aliphatic hydroxyl groups is 1. The van der Waals surface area contributed by atoms with E-state index in [0.29, 0.717) is 6.42 Å². The third kappa shape index (κ3) is 7.02. The Morgan fingerprint density at radius 3 is 2.53 bits per heavy atom. The first kappa shape index (κ1) is 24.2. The minimum absolute atomic E-state index is 0.0267. The monoisotopic (exact) mass is 456 g/mol. The van der Waals surface area contributed by atoms with Crippen molar-refractivity contribution in [2.75, 3.05) is 19.7 Å². The van der Waals surface area contributed by atoms with E-state index in [2.05, 4.69) is 89.5 Å². The molecule has 1 fully saturated rings. The number of hydrogen-bond acceptors (Lipinski definition) is 3. The molecule has 3 atom stereocenters. The van der Waals surface area contributed by atoms with Crippen LogP contribution >= 0.6 is 0 Å². The van der Waals surface area contributed by atoms with Crippen molar-refractivity contribution in [3.63, 3.8) is 0 Å². The van der Waals surface area contributed by atoms with Gasteiger partial charge in [-0.1, -0.05) is 84.9 Å². The first-order valence-electron chi connectivity index (χ1n) is 12.5. The molecule has 3 aromatic rings. The van der Waals surface area contributed by atoms with Gasteiger partial charge >= 0.3 is 0 Å². The van der Waals surface area contributed by atoms with Gasteiger partial charge in [0.1, 0.15) is 0 Å². The van der Waals surface area contributed by atoms with E-state index in [1.807, 2.05) is 6.07 Å². The van der Waals surface area contributed by atoms with E-state index in [1.165, 1.54) is 21.9 Å². The molecule has 4 rings (SSSR count). The fourth-order valence-corrected chi connectivity index (χ4v) is 4.80. The Bertz CT molecular complexity index is 1070. The molecule has 0 spiro atoms. The van der Waals surface area contributed by atoms with E-state index in [1.54, 1.807) is 0 Å². The average Bonchev–Trinajstić information content (AvgIpc) is 2.88. The summed E-state index contributed by atoms with van der Waals surface area (Å²) >= 11 is 0. The highest BCUT2D eigenvalue weighted by Crippen LogP contribution is 2.19. The van der Waals surface area contributed by atoms with Gasteiger partial charge in [0.2, 0.25) is 5.91 Å². The summed E-state index contributed by atoms with van der Waals surface area (Å²) in [5.41, 5.74) is 2.46. The topological polar surface area (TPSA) is 61.4 Å². The highest BCUT2D eigenvalue weighted by atomic mass is 16.3. The lowest BCUT2D eigenvalue weighted by atomic mass is 9.93. The van der Waals surface area contributed by atoms with Crippen LogP contribution in [0.5, 0.6) is 0 Å². The van der Waals surface area contributed by atoms with Crippen LogP contribution in [0.1, 0.15) is 30.4 Å². The van der Waals surface area contributed by atoms with Gasteiger partial charge in [-0.2, -0.15) is 0 Å². The molecular weight excluding hydrogens is 420 g/mol. The van der Waals surface area contributed by atoms with Gasteiger partial charge in [-0.05, 0) is 66.5 Å². The van der Waals surface area contributed by atoms with Crippen LogP contribution in [0.4, 0.5) is 0 Å². The molecule has 1 saturated heterocycles. The molecule has 178 valence electrons. The molecule has 3 N–H and O–H groups in total. The molecule has 34 heavy (non-hydrogen) atoms. The number of rotatable bonds is 10. The molecule has 1 unspecified atom stereocenters. The number of carbonyl (C=O) groups excluding carboxylic acids is 1. The van der Waals surface area contributed by atoms with Gasteiger partial charge in [0.25, 0.3) is 0 Å². The molecule has 0 saturated carbocycles. The molecule has 3 aromatic carbocycles. The number of fused-ring (bicyclic) bond motifs is 1. The third-order valence-electron chi connectivity index (χ3n) is 6.72. The number of piperidine rings is 1. The largest absolute Gasteiger partial charge is 0.396 e. The summed E-state index contributed by atoms with van der Waals surface area (Å²) in [5, 5.41) is 18.7. The number of nitrogens with one attached hydrogen (secondary N) is 2. The second-order valence-electron chi connectivity index (χ2n) is 9.39. The number of carbonyl (C=O) groups is 1. The molecular formula is C30H36N2O2. The minimum atomic E-state index is -0.0902. The van der Waals surface area contributed by atoms with Crippen LogP contribution in [0.25, 0.3) is 10.8 Å². The van der Waals surface area contributed by atoms with Crippen molar-refractivity contribution in [3.8, 4) is 0 Å². The zero-order valence-corrected chi connectivity index (χ0v) is 19.8. The predicted molar refractivity (Wildman–Crippen MR) is 140 cm³/mol. The van der Waals surface area contributed by atoms with Gasteiger partial charge in [-0.3, -0.25) is 4.79 Å². The molecule has 4 nitrogen and oxygen atoms in total. The predicted octanol–water partition coefficient (Wildman–Crippen LogP) is 4.66. The summed E-state index contributed by atoms with van der Waals surface area (Å²) < 4.78 is 0. The lowest BCUT2D eigenvalue weighted by Gasteiger charge is -2.25. The number of hydrogen-bond donors (Lipinski definition) is 3. The van der Waals surface area contributed by atoms with Gasteiger partial charge < -0.3 is 15.7 Å². The maximum Gasteiger partial charge on any atom is 0.224 e. The van der Waals surface area contributed by atoms with Crippen LogP contribution < -0.4 is 10.6 Å². The molecule has 0 aliphatic carbocycles. The summed E-state index contributed by atoms with van der Waals surface area (Å²) in [7, 11) is 0. The van der Waals surface area contributed by atoms with Crippen LogP contribution in [-0.4, -0.2) is 36.8 Å². The summed E-state index contributed by atoms with van der Waals surface area (Å²) in [5.74, 6) is 0.378. The lowest BCUT2D eigenvalue weighted by Crippen LogP contribution is -2.44. The summed E-state index contributed by atoms with van der Waals surface area (Å²) in [4.78, 5) is 13.0. The average molecular weight is 457 g/mol. The Balaban J connectivity index is 1.51. The van der Waals surface area contributed by atoms with Gasteiger partial charge in [0.05, 0.1) is 12.0 Å². The van der Waals surface area contributed by atoms with Gasteiger partial charge in [0, 0.05) is 13.2 Å². The number of allylic oxidation sites excluding steroid dienone is 1. The van der Waals surface area contributed by atoms with E-state index in [0.717, 1.165) is 38.8 Å². The van der Waals surface area contributed by atoms with Crippen LogP contribution in [0.15, 0.2) is 84.9 Å². The van der Waals surface area contributed by atoms with Crippen LogP contribution in [0.2, 0.25) is 0 Å². The fourth-order valence-electron chi connectivity index (χ4n) is 4.80. The molecule has 0 bridgehead atoms. The maximum absolute atomic E-state index is 13.0. The number of amides is 1. The number of aliphatic hydroxyl groups excluding tert-OH is 1. The first-order chi connectivity index (χ1) is 16.7. The quantitative estimate of drug-likeness (QED) is 0.389. The van der Waals surface area contributed by atoms with Crippen molar-refractivity contribution in [1.82, 2.24) is 10.6 Å². The Kier molecular flexibility index (Phi) is 8.89. The van der Waals surface area contributed by atoms with Crippen LogP contribution in [-0.2, 0) is 17.6 Å². The molecule has 1 amide bonds. The second kappa shape index (κ2) is 12.5. The van der Waals surface area contributed by atoms with Crippen molar-refractivity contribution < 1.29 is 9.90 Å². The Morgan fingerprint density at radius 1 is 0.971 bits per heavy atom. The molecule has 1 aliphatic rings. The van der Waals surface area contributed by atoms with Crippen molar-refractivity contribution in [1.29, 1.82) is 0 Å². The minimum Gasteiger partial charge on any atom is -0.396 e. The van der Waals surface area contributed by atoms with Crippen molar-refractivity contribution >= 4 is 16.7 Å². The van der Waals surface area contributed by atoms with Gasteiger partial charge in [0.15, 0.2) is 0 Å². The zero-order chi connectivity index (χ0) is 23.6. The van der Waals surface area contributed by atoms with E-state index in [-0.39, 0.29) is 30.4 Å². The highest BCUT2D eigenvalue weighted by Gasteiger charge is 2.23. The van der Waals surface area contributed by atoms with Gasteiger partial charge in [-0.15, -0.1) is 0 Å². The number of benzene rings is 3. The van der Waals surface area contributed by atoms with Crippen molar-refractivity contribution in [2.24, 2.45) is 11.8 Å². The normalized spacial score (nSPS) is 18.1. The Hall–Kier alpha value is -2.95. The van der Waals surface area contributed by atoms with Crippen LogP contribution in [0, 0.1) is 11.8 Å². The van der Waals surface area contributed by atoms with Crippen LogP contribution in [0.3, 0.4) is 0 Å². The molecule has 0 radical (unpaired) electrons. The maximum atomic E-state index is 13.0. The lowest BCUT2D eigenvalue weighted by molar-refractivity contribution is -0.125. The first-order valence-corrected chi connectivity index (χ1v) is 12.5. The summed E-state index contributed by atoms with van der Waals surface area (Å²) in [6, 6.07) is 25.2. The van der Waals surface area contributed by atoms with Crippen molar-refractivity contribution in [2.45, 2.75) is 38.1 Å². The fraction of sp³-hybridized carbons (Fsp3) is 0.367. The Morgan fingerprint density at radius 2 is 1.76 bits per heavy atom. The standard InChI is InChI=1S/C30H36N2O2/c33-18-16-24(19-23-7-2-1-3-8-23)13-15-29(32-30(34)28-11-6-17-31-22-28)21-25-12-14-26-9-4-5-10-27(26)20-25/h1-5,7-10,12-15,20,24,28-29,31,33H,6,11,16-19,21-22H2,(H,32,34)/b15-13+/t24?,28-,29+/m1/s1. The third-order valence-corrected chi connectivity index (χ3v) is 6.72. The van der Waals surface area contributed by atoms with Crippen molar-refractivity contribution in [3.05, 3.63) is 96.1 Å².